The Labute approximate surface area is 162 Å². The topological polar surface area (TPSA) is 73.8 Å². The summed E-state index contributed by atoms with van der Waals surface area (Å²) in [5, 5.41) is 4.53. The Bertz CT molecular complexity index is 1110. The molecule has 0 unspecified atom stereocenters. The van der Waals surface area contributed by atoms with E-state index in [2.05, 4.69) is 40.8 Å². The average molecular weight is 379 g/mol. The van der Waals surface area contributed by atoms with Crippen molar-refractivity contribution in [3.8, 4) is 11.5 Å². The van der Waals surface area contributed by atoms with Crippen molar-refractivity contribution >= 4 is 5.65 Å². The van der Waals surface area contributed by atoms with Crippen LogP contribution in [0.25, 0.3) is 17.2 Å². The molecule has 8 heteroatoms. The lowest BCUT2D eigenvalue weighted by Crippen LogP contribution is -2.10. The maximum atomic E-state index is 14.2. The van der Waals surface area contributed by atoms with Crippen molar-refractivity contribution in [1.29, 1.82) is 0 Å². The van der Waals surface area contributed by atoms with Gasteiger partial charge in [0.15, 0.2) is 23.1 Å². The fourth-order valence-electron chi connectivity index (χ4n) is 3.21. The Hall–Kier alpha value is -3.16. The fourth-order valence-corrected chi connectivity index (χ4v) is 3.21. The zero-order valence-electron chi connectivity index (χ0n) is 16.2. The first-order valence-electron chi connectivity index (χ1n) is 9.43. The summed E-state index contributed by atoms with van der Waals surface area (Å²) < 4.78 is 17.8. The first-order chi connectivity index (χ1) is 13.6. The monoisotopic (exact) mass is 379 g/mol. The highest BCUT2D eigenvalue weighted by molar-refractivity contribution is 5.52. The van der Waals surface area contributed by atoms with Gasteiger partial charge in [-0.2, -0.15) is 0 Å². The Balaban J connectivity index is 1.78. The van der Waals surface area contributed by atoms with E-state index in [1.54, 1.807) is 29.3 Å². The molecule has 28 heavy (non-hydrogen) atoms. The van der Waals surface area contributed by atoms with E-state index in [-0.39, 0.29) is 11.6 Å². The van der Waals surface area contributed by atoms with Crippen LogP contribution >= 0.6 is 0 Å². The van der Waals surface area contributed by atoms with Gasteiger partial charge in [-0.1, -0.05) is 27.2 Å². The molecule has 0 amide bonds. The molecule has 0 bridgehead atoms. The zero-order chi connectivity index (χ0) is 19.7. The lowest BCUT2D eigenvalue weighted by Gasteiger charge is -2.12. The molecule has 0 spiro atoms. The molecule has 0 radical (unpaired) electrons. The molecule has 144 valence electrons. The van der Waals surface area contributed by atoms with E-state index in [9.17, 15) is 4.39 Å². The molecule has 4 aromatic rings. The van der Waals surface area contributed by atoms with E-state index in [0.29, 0.717) is 12.4 Å². The van der Waals surface area contributed by atoms with Gasteiger partial charge in [0.25, 0.3) is 0 Å². The van der Waals surface area contributed by atoms with Crippen LogP contribution in [0.3, 0.4) is 0 Å². The van der Waals surface area contributed by atoms with Crippen molar-refractivity contribution in [1.82, 2.24) is 34.1 Å². The zero-order valence-corrected chi connectivity index (χ0v) is 16.2. The van der Waals surface area contributed by atoms with E-state index in [1.165, 1.54) is 6.07 Å². The number of hydrogen-bond donors (Lipinski definition) is 0. The maximum Gasteiger partial charge on any atom is 0.162 e. The summed E-state index contributed by atoms with van der Waals surface area (Å²) in [7, 11) is 0. The van der Waals surface area contributed by atoms with Crippen molar-refractivity contribution in [2.24, 2.45) is 0 Å². The molecule has 0 aliphatic rings. The number of aryl methyl sites for hydroxylation is 1. The molecule has 0 saturated heterocycles. The van der Waals surface area contributed by atoms with E-state index in [4.69, 9.17) is 4.98 Å². The number of rotatable bonds is 6. The number of aromatic nitrogens is 7. The number of halogens is 1. The van der Waals surface area contributed by atoms with Crippen molar-refractivity contribution in [3.05, 3.63) is 59.9 Å². The van der Waals surface area contributed by atoms with Crippen LogP contribution in [0.5, 0.6) is 0 Å². The minimum absolute atomic E-state index is 0.232. The lowest BCUT2D eigenvalue weighted by atomic mass is 10.1. The Kier molecular flexibility index (Phi) is 4.85. The van der Waals surface area contributed by atoms with E-state index >= 15 is 0 Å². The molecule has 0 fully saturated rings. The van der Waals surface area contributed by atoms with Crippen LogP contribution in [0, 0.1) is 5.82 Å². The molecule has 7 nitrogen and oxygen atoms in total. The summed E-state index contributed by atoms with van der Waals surface area (Å²) in [5.41, 5.74) is 3.01. The molecule has 4 rings (SSSR count). The van der Waals surface area contributed by atoms with Crippen LogP contribution in [0.1, 0.15) is 50.2 Å². The van der Waals surface area contributed by atoms with Gasteiger partial charge >= 0.3 is 0 Å². The summed E-state index contributed by atoms with van der Waals surface area (Å²) in [6.45, 7) is 6.73. The fraction of sp³-hybridized carbons (Fsp3) is 0.350. The quantitative estimate of drug-likeness (QED) is 0.511. The predicted octanol–water partition coefficient (Wildman–Crippen LogP) is 3.65. The molecule has 0 saturated carbocycles. The van der Waals surface area contributed by atoms with Crippen LogP contribution in [0.15, 0.2) is 37.1 Å². The second-order valence-corrected chi connectivity index (χ2v) is 7.03. The minimum atomic E-state index is -0.397. The second-order valence-electron chi connectivity index (χ2n) is 7.03. The predicted molar refractivity (Wildman–Crippen MR) is 103 cm³/mol. The third-order valence-corrected chi connectivity index (χ3v) is 4.61. The number of hydrogen-bond acceptors (Lipinski definition) is 5. The van der Waals surface area contributed by atoms with Crippen LogP contribution in [0.4, 0.5) is 4.39 Å². The largest absolute Gasteiger partial charge is 0.324 e. The van der Waals surface area contributed by atoms with Crippen LogP contribution in [0.2, 0.25) is 0 Å². The van der Waals surface area contributed by atoms with Gasteiger partial charge in [0.2, 0.25) is 0 Å². The lowest BCUT2D eigenvalue weighted by molar-refractivity contribution is 0.621. The van der Waals surface area contributed by atoms with Crippen molar-refractivity contribution in [2.75, 3.05) is 0 Å². The summed E-state index contributed by atoms with van der Waals surface area (Å²) in [6, 6.07) is 2.95. The Morgan fingerprint density at radius 3 is 2.75 bits per heavy atom. The highest BCUT2D eigenvalue weighted by Gasteiger charge is 2.18. The third-order valence-electron chi connectivity index (χ3n) is 4.61. The van der Waals surface area contributed by atoms with Gasteiger partial charge in [-0.15, -0.1) is 5.10 Å². The van der Waals surface area contributed by atoms with Crippen LogP contribution in [-0.4, -0.2) is 34.1 Å². The molecule has 0 aliphatic heterocycles. The van der Waals surface area contributed by atoms with Crippen molar-refractivity contribution in [3.63, 3.8) is 0 Å². The number of fused-ring (bicyclic) bond motifs is 1. The summed E-state index contributed by atoms with van der Waals surface area (Å²) in [4.78, 5) is 17.8. The first kappa shape index (κ1) is 18.2. The van der Waals surface area contributed by atoms with Crippen LogP contribution in [-0.2, 0) is 13.0 Å². The molecule has 4 aromatic heterocycles. The first-order valence-corrected chi connectivity index (χ1v) is 9.43. The molecule has 4 heterocycles. The average Bonchev–Trinajstić information content (AvgIpc) is 3.31. The molecule has 0 N–H and O–H groups in total. The standard InChI is InChI=1S/C20H22FN7/c1-4-6-14-16(24-12-28-19(14)25-18(26-28)13(2)3)11-27-10-9-23-20(27)17-15(21)7-5-8-22-17/h5,7-10,12-13H,4,6,11H2,1-3H3. The summed E-state index contributed by atoms with van der Waals surface area (Å²) in [5.74, 6) is 1.12. The molecule has 0 aromatic carbocycles. The Morgan fingerprint density at radius 1 is 1.14 bits per heavy atom. The van der Waals surface area contributed by atoms with Gasteiger partial charge in [0, 0.05) is 30.1 Å². The highest BCUT2D eigenvalue weighted by Crippen LogP contribution is 2.22. The van der Waals surface area contributed by atoms with Gasteiger partial charge in [-0.3, -0.25) is 0 Å². The van der Waals surface area contributed by atoms with Crippen molar-refractivity contribution < 1.29 is 4.39 Å². The van der Waals surface area contributed by atoms with Gasteiger partial charge in [0.1, 0.15) is 12.0 Å². The molecule has 0 atom stereocenters. The molecule has 0 aliphatic carbocycles. The smallest absolute Gasteiger partial charge is 0.162 e. The summed E-state index contributed by atoms with van der Waals surface area (Å²) >= 11 is 0. The number of pyridine rings is 1. The highest BCUT2D eigenvalue weighted by atomic mass is 19.1. The summed E-state index contributed by atoms with van der Waals surface area (Å²) in [6.07, 6.45) is 8.52. The molecular weight excluding hydrogens is 357 g/mol. The van der Waals surface area contributed by atoms with Gasteiger partial charge in [-0.05, 0) is 18.6 Å². The maximum absolute atomic E-state index is 14.2. The second kappa shape index (κ2) is 7.46. The van der Waals surface area contributed by atoms with E-state index in [1.807, 2.05) is 10.8 Å². The Morgan fingerprint density at radius 2 is 2.00 bits per heavy atom. The van der Waals surface area contributed by atoms with Crippen molar-refractivity contribution in [2.45, 2.75) is 46.1 Å². The van der Waals surface area contributed by atoms with Gasteiger partial charge in [0.05, 0.1) is 12.2 Å². The normalized spacial score (nSPS) is 11.6. The number of imidazole rings is 1. The number of nitrogens with zero attached hydrogens (tertiary/aromatic N) is 7. The van der Waals surface area contributed by atoms with E-state index in [0.717, 1.165) is 35.6 Å². The third kappa shape index (κ3) is 3.26. The van der Waals surface area contributed by atoms with Crippen LogP contribution < -0.4 is 0 Å². The van der Waals surface area contributed by atoms with Gasteiger partial charge in [-0.25, -0.2) is 28.8 Å². The minimum Gasteiger partial charge on any atom is -0.324 e. The molecular formula is C20H22FN7. The van der Waals surface area contributed by atoms with Gasteiger partial charge < -0.3 is 4.57 Å². The van der Waals surface area contributed by atoms with E-state index < -0.39 is 5.82 Å². The SMILES string of the molecule is CCCc1c(Cn2ccnc2-c2ncccc2F)ncn2nc(C(C)C)nc12.